The van der Waals surface area contributed by atoms with E-state index in [0.29, 0.717) is 6.10 Å². The van der Waals surface area contributed by atoms with Gasteiger partial charge in [0, 0.05) is 22.1 Å². The molecule has 0 N–H and O–H groups in total. The lowest BCUT2D eigenvalue weighted by atomic mass is 10.0. The molecular formula is C18H16N2OS. The van der Waals surface area contributed by atoms with E-state index in [1.165, 1.54) is 10.9 Å². The van der Waals surface area contributed by atoms with Crippen molar-refractivity contribution in [1.29, 1.82) is 0 Å². The molecule has 2 heterocycles. The molecule has 2 aromatic carbocycles. The van der Waals surface area contributed by atoms with Crippen LogP contribution in [0.1, 0.15) is 5.56 Å². The van der Waals surface area contributed by atoms with E-state index in [4.69, 9.17) is 4.74 Å². The minimum atomic E-state index is 0.391. The number of hydrogen-bond acceptors (Lipinski definition) is 4. The summed E-state index contributed by atoms with van der Waals surface area (Å²) in [6.07, 6.45) is 0.391. The van der Waals surface area contributed by atoms with Crippen molar-refractivity contribution in [2.45, 2.75) is 18.1 Å². The van der Waals surface area contributed by atoms with E-state index in [1.54, 1.807) is 11.8 Å². The number of ether oxygens (including phenoxy) is 1. The fraction of sp³-hybridized carbons (Fsp3) is 0.222. The Morgan fingerprint density at radius 3 is 2.50 bits per heavy atom. The number of aryl methyl sites for hydroxylation is 1. The van der Waals surface area contributed by atoms with E-state index in [-0.39, 0.29) is 0 Å². The molecule has 1 atom stereocenters. The average molecular weight is 308 g/mol. The summed E-state index contributed by atoms with van der Waals surface area (Å²) in [6.45, 7) is 2.97. The number of rotatable bonds is 4. The van der Waals surface area contributed by atoms with Gasteiger partial charge < -0.3 is 4.74 Å². The van der Waals surface area contributed by atoms with Crippen molar-refractivity contribution in [2.24, 2.45) is 0 Å². The summed E-state index contributed by atoms with van der Waals surface area (Å²) in [4.78, 5) is 0. The van der Waals surface area contributed by atoms with Crippen LogP contribution in [0.4, 0.5) is 0 Å². The van der Waals surface area contributed by atoms with E-state index < -0.39 is 0 Å². The quantitative estimate of drug-likeness (QED) is 0.537. The van der Waals surface area contributed by atoms with Crippen molar-refractivity contribution in [3.05, 3.63) is 54.1 Å². The highest BCUT2D eigenvalue weighted by molar-refractivity contribution is 7.99. The maximum absolute atomic E-state index is 5.28. The van der Waals surface area contributed by atoms with Crippen molar-refractivity contribution >= 4 is 22.5 Å². The van der Waals surface area contributed by atoms with Crippen LogP contribution in [0.15, 0.2) is 53.6 Å². The molecule has 4 heteroatoms. The summed E-state index contributed by atoms with van der Waals surface area (Å²) < 4.78 is 5.28. The second-order valence-electron chi connectivity index (χ2n) is 5.53. The van der Waals surface area contributed by atoms with Gasteiger partial charge in [0.1, 0.15) is 10.7 Å². The molecular weight excluding hydrogens is 292 g/mol. The fourth-order valence-electron chi connectivity index (χ4n) is 2.45. The predicted octanol–water partition coefficient (Wildman–Crippen LogP) is 4.10. The van der Waals surface area contributed by atoms with Gasteiger partial charge in [0.2, 0.25) is 0 Å². The Hall–Kier alpha value is -1.91. The van der Waals surface area contributed by atoms with Gasteiger partial charge in [-0.15, -0.1) is 22.0 Å². The zero-order chi connectivity index (χ0) is 14.9. The van der Waals surface area contributed by atoms with Crippen LogP contribution in [0, 0.1) is 6.92 Å². The Labute approximate surface area is 133 Å². The van der Waals surface area contributed by atoms with Crippen molar-refractivity contribution in [3.63, 3.8) is 0 Å². The molecule has 1 aliphatic heterocycles. The lowest BCUT2D eigenvalue weighted by molar-refractivity contribution is 0.426. The van der Waals surface area contributed by atoms with Crippen molar-refractivity contribution in [3.8, 4) is 11.3 Å². The Bertz CT molecular complexity index is 813. The Kier molecular flexibility index (Phi) is 3.56. The zero-order valence-electron chi connectivity index (χ0n) is 12.3. The highest BCUT2D eigenvalue weighted by Gasteiger charge is 2.23. The third-order valence-corrected chi connectivity index (χ3v) is 4.90. The largest absolute Gasteiger partial charge is 0.372 e. The lowest BCUT2D eigenvalue weighted by Gasteiger charge is -2.09. The maximum atomic E-state index is 5.28. The SMILES string of the molecule is Cc1ccc(-c2nnc(SCC3CO3)c3ccccc23)cc1. The molecule has 3 aromatic rings. The van der Waals surface area contributed by atoms with Crippen molar-refractivity contribution in [1.82, 2.24) is 10.2 Å². The minimum Gasteiger partial charge on any atom is -0.372 e. The molecule has 4 rings (SSSR count). The molecule has 0 radical (unpaired) electrons. The van der Waals surface area contributed by atoms with Gasteiger partial charge in [0.05, 0.1) is 12.7 Å². The Balaban J connectivity index is 1.79. The third-order valence-electron chi connectivity index (χ3n) is 3.79. The maximum Gasteiger partial charge on any atom is 0.127 e. The summed E-state index contributed by atoms with van der Waals surface area (Å²) in [5.41, 5.74) is 3.30. The summed E-state index contributed by atoms with van der Waals surface area (Å²) in [5.74, 6) is 0.947. The number of fused-ring (bicyclic) bond motifs is 1. The Morgan fingerprint density at radius 1 is 1.05 bits per heavy atom. The predicted molar refractivity (Wildman–Crippen MR) is 90.2 cm³/mol. The second-order valence-corrected chi connectivity index (χ2v) is 6.54. The van der Waals surface area contributed by atoms with E-state index in [9.17, 15) is 0 Å². The molecule has 1 aliphatic rings. The molecule has 1 aromatic heterocycles. The van der Waals surface area contributed by atoms with Crippen LogP contribution in [0.3, 0.4) is 0 Å². The van der Waals surface area contributed by atoms with Crippen LogP contribution in [-0.2, 0) is 4.74 Å². The van der Waals surface area contributed by atoms with Gasteiger partial charge >= 0.3 is 0 Å². The van der Waals surface area contributed by atoms with E-state index in [2.05, 4.69) is 65.7 Å². The van der Waals surface area contributed by atoms with Crippen LogP contribution >= 0.6 is 11.8 Å². The number of aromatic nitrogens is 2. The first-order chi connectivity index (χ1) is 10.8. The average Bonchev–Trinajstić information content (AvgIpc) is 3.38. The molecule has 0 bridgehead atoms. The number of hydrogen-bond donors (Lipinski definition) is 0. The van der Waals surface area contributed by atoms with Crippen LogP contribution < -0.4 is 0 Å². The first-order valence-corrected chi connectivity index (χ1v) is 8.37. The molecule has 0 aliphatic carbocycles. The van der Waals surface area contributed by atoms with Crippen LogP contribution in [0.25, 0.3) is 22.0 Å². The topological polar surface area (TPSA) is 38.3 Å². The van der Waals surface area contributed by atoms with Crippen LogP contribution in [0.2, 0.25) is 0 Å². The first-order valence-electron chi connectivity index (χ1n) is 7.38. The van der Waals surface area contributed by atoms with E-state index >= 15 is 0 Å². The minimum absolute atomic E-state index is 0.391. The number of nitrogens with zero attached hydrogens (tertiary/aromatic N) is 2. The summed E-state index contributed by atoms with van der Waals surface area (Å²) in [5, 5.41) is 12.3. The van der Waals surface area contributed by atoms with Crippen LogP contribution in [-0.4, -0.2) is 28.7 Å². The molecule has 1 fully saturated rings. The first kappa shape index (κ1) is 13.7. The highest BCUT2D eigenvalue weighted by atomic mass is 32.2. The second kappa shape index (κ2) is 5.71. The van der Waals surface area contributed by atoms with Gasteiger partial charge in [0.15, 0.2) is 0 Å². The highest BCUT2D eigenvalue weighted by Crippen LogP contribution is 2.33. The molecule has 110 valence electrons. The molecule has 22 heavy (non-hydrogen) atoms. The lowest BCUT2D eigenvalue weighted by Crippen LogP contribution is -1.96. The third kappa shape index (κ3) is 2.72. The van der Waals surface area contributed by atoms with E-state index in [0.717, 1.165) is 34.0 Å². The normalized spacial score (nSPS) is 16.9. The Morgan fingerprint density at radius 2 is 1.77 bits per heavy atom. The van der Waals surface area contributed by atoms with Gasteiger partial charge in [-0.3, -0.25) is 0 Å². The van der Waals surface area contributed by atoms with Crippen molar-refractivity contribution in [2.75, 3.05) is 12.4 Å². The fourth-order valence-corrected chi connectivity index (χ4v) is 3.41. The van der Waals surface area contributed by atoms with Crippen LogP contribution in [0.5, 0.6) is 0 Å². The molecule has 3 nitrogen and oxygen atoms in total. The smallest absolute Gasteiger partial charge is 0.127 e. The summed E-state index contributed by atoms with van der Waals surface area (Å²) in [7, 11) is 0. The standard InChI is InChI=1S/C18H16N2OS/c1-12-6-8-13(9-7-12)17-15-4-2-3-5-16(15)18(20-19-17)22-11-14-10-21-14/h2-9,14H,10-11H2,1H3. The number of thioether (sulfide) groups is 1. The molecule has 1 unspecified atom stereocenters. The van der Waals surface area contributed by atoms with Gasteiger partial charge in [-0.05, 0) is 6.92 Å². The molecule has 0 saturated carbocycles. The molecule has 0 spiro atoms. The van der Waals surface area contributed by atoms with Gasteiger partial charge in [0.25, 0.3) is 0 Å². The van der Waals surface area contributed by atoms with Gasteiger partial charge in [-0.1, -0.05) is 54.1 Å². The number of benzene rings is 2. The molecule has 1 saturated heterocycles. The van der Waals surface area contributed by atoms with Gasteiger partial charge in [-0.2, -0.15) is 0 Å². The summed E-state index contributed by atoms with van der Waals surface area (Å²) >= 11 is 1.73. The van der Waals surface area contributed by atoms with E-state index in [1.807, 2.05) is 0 Å². The number of epoxide rings is 1. The summed E-state index contributed by atoms with van der Waals surface area (Å²) in [6, 6.07) is 16.8. The van der Waals surface area contributed by atoms with Crippen molar-refractivity contribution < 1.29 is 4.74 Å². The molecule has 0 amide bonds. The monoisotopic (exact) mass is 308 g/mol. The zero-order valence-corrected chi connectivity index (χ0v) is 13.1. The van der Waals surface area contributed by atoms with Gasteiger partial charge in [-0.25, -0.2) is 0 Å².